The second-order valence-corrected chi connectivity index (χ2v) is 5.04. The van der Waals surface area contributed by atoms with Gasteiger partial charge in [0.05, 0.1) is 17.3 Å². The van der Waals surface area contributed by atoms with Crippen LogP contribution in [0.5, 0.6) is 0 Å². The molecule has 0 saturated carbocycles. The number of carbonyl (C=O) groups excluding carboxylic acids is 1. The molecular formula is C13H8BrFN4O. The van der Waals surface area contributed by atoms with Gasteiger partial charge in [-0.05, 0) is 24.3 Å². The van der Waals surface area contributed by atoms with E-state index in [9.17, 15) is 9.18 Å². The van der Waals surface area contributed by atoms with Crippen LogP contribution in [0.25, 0.3) is 16.7 Å². The van der Waals surface area contributed by atoms with Crippen LogP contribution in [-0.4, -0.2) is 20.7 Å². The number of nitrogens with two attached hydrogens (primary N) is 1. The molecular weight excluding hydrogens is 327 g/mol. The van der Waals surface area contributed by atoms with Gasteiger partial charge in [-0.25, -0.2) is 14.1 Å². The van der Waals surface area contributed by atoms with Crippen LogP contribution in [0.2, 0.25) is 0 Å². The van der Waals surface area contributed by atoms with Gasteiger partial charge >= 0.3 is 0 Å². The zero-order valence-electron chi connectivity index (χ0n) is 10.0. The number of carbonyl (C=O) groups is 1. The van der Waals surface area contributed by atoms with E-state index in [1.807, 2.05) is 18.2 Å². The Morgan fingerprint density at radius 1 is 1.35 bits per heavy atom. The average molecular weight is 335 g/mol. The number of aromatic nitrogens is 3. The second-order valence-electron chi connectivity index (χ2n) is 4.13. The van der Waals surface area contributed by atoms with Gasteiger partial charge in [-0.15, -0.1) is 0 Å². The molecule has 0 spiro atoms. The summed E-state index contributed by atoms with van der Waals surface area (Å²) in [5.41, 5.74) is 6.33. The van der Waals surface area contributed by atoms with Gasteiger partial charge in [0, 0.05) is 4.47 Å². The molecule has 0 aliphatic rings. The largest absolute Gasteiger partial charge is 0.364 e. The lowest BCUT2D eigenvalue weighted by Gasteiger charge is -2.02. The summed E-state index contributed by atoms with van der Waals surface area (Å²) < 4.78 is 15.6. The van der Waals surface area contributed by atoms with Gasteiger partial charge in [-0.1, -0.05) is 22.0 Å². The summed E-state index contributed by atoms with van der Waals surface area (Å²) in [6.07, 6.45) is 1.07. The summed E-state index contributed by atoms with van der Waals surface area (Å²) in [6.45, 7) is 0. The Labute approximate surface area is 121 Å². The summed E-state index contributed by atoms with van der Waals surface area (Å²) in [7, 11) is 0. The second kappa shape index (κ2) is 4.68. The topological polar surface area (TPSA) is 73.8 Å². The highest BCUT2D eigenvalue weighted by atomic mass is 79.9. The zero-order valence-corrected chi connectivity index (χ0v) is 11.6. The van der Waals surface area contributed by atoms with Crippen LogP contribution in [0.4, 0.5) is 4.39 Å². The van der Waals surface area contributed by atoms with Gasteiger partial charge in [-0.3, -0.25) is 4.79 Å². The van der Waals surface area contributed by atoms with E-state index in [-0.39, 0.29) is 11.1 Å². The van der Waals surface area contributed by atoms with Crippen molar-refractivity contribution in [3.8, 4) is 5.69 Å². The van der Waals surface area contributed by atoms with Gasteiger partial charge in [0.25, 0.3) is 5.91 Å². The zero-order chi connectivity index (χ0) is 14.3. The first-order valence-corrected chi connectivity index (χ1v) is 6.45. The van der Waals surface area contributed by atoms with Crippen LogP contribution in [-0.2, 0) is 0 Å². The first-order valence-electron chi connectivity index (χ1n) is 5.66. The minimum absolute atomic E-state index is 0.00743. The summed E-state index contributed by atoms with van der Waals surface area (Å²) in [4.78, 5) is 15.4. The lowest BCUT2D eigenvalue weighted by atomic mass is 10.2. The number of fused-ring (bicyclic) bond motifs is 1. The van der Waals surface area contributed by atoms with Crippen molar-refractivity contribution in [2.45, 2.75) is 0 Å². The Morgan fingerprint density at radius 2 is 2.15 bits per heavy atom. The predicted molar refractivity (Wildman–Crippen MR) is 75.0 cm³/mol. The molecule has 0 atom stereocenters. The Bertz CT molecular complexity index is 830. The average Bonchev–Trinajstić information content (AvgIpc) is 2.77. The van der Waals surface area contributed by atoms with Gasteiger partial charge in [0.1, 0.15) is 5.82 Å². The van der Waals surface area contributed by atoms with Crippen LogP contribution in [0.3, 0.4) is 0 Å². The van der Waals surface area contributed by atoms with E-state index >= 15 is 0 Å². The van der Waals surface area contributed by atoms with Crippen molar-refractivity contribution in [2.24, 2.45) is 5.73 Å². The molecule has 100 valence electrons. The fourth-order valence-corrected chi connectivity index (χ4v) is 2.33. The summed E-state index contributed by atoms with van der Waals surface area (Å²) >= 11 is 3.36. The molecule has 7 heteroatoms. The van der Waals surface area contributed by atoms with E-state index in [1.165, 1.54) is 10.7 Å². The number of pyridine rings is 1. The number of hydrogen-bond acceptors (Lipinski definition) is 3. The van der Waals surface area contributed by atoms with Crippen LogP contribution in [0.1, 0.15) is 10.5 Å². The Balaban J connectivity index is 2.34. The minimum atomic E-state index is -0.726. The number of halogens is 2. The van der Waals surface area contributed by atoms with E-state index in [0.717, 1.165) is 10.7 Å². The van der Waals surface area contributed by atoms with Crippen molar-refractivity contribution < 1.29 is 9.18 Å². The maximum absolute atomic E-state index is 13.3. The minimum Gasteiger partial charge on any atom is -0.364 e. The number of primary amides is 1. The summed E-state index contributed by atoms with van der Waals surface area (Å²) in [6, 6.07) is 8.48. The highest BCUT2D eigenvalue weighted by Gasteiger charge is 2.17. The van der Waals surface area contributed by atoms with Crippen molar-refractivity contribution in [1.29, 1.82) is 0 Å². The highest BCUT2D eigenvalue weighted by Crippen LogP contribution is 2.22. The van der Waals surface area contributed by atoms with Crippen molar-refractivity contribution in [3.63, 3.8) is 0 Å². The van der Waals surface area contributed by atoms with E-state index in [1.54, 1.807) is 6.07 Å². The molecule has 1 aromatic carbocycles. The third-order valence-corrected chi connectivity index (χ3v) is 3.27. The first-order chi connectivity index (χ1) is 9.56. The van der Waals surface area contributed by atoms with Gasteiger partial charge in [0.15, 0.2) is 11.3 Å². The Kier molecular flexibility index (Phi) is 2.98. The molecule has 20 heavy (non-hydrogen) atoms. The molecule has 3 aromatic rings. The third kappa shape index (κ3) is 2.05. The molecule has 0 unspecified atom stereocenters. The fraction of sp³-hybridized carbons (Fsp3) is 0. The SMILES string of the molecule is NC(=O)c1nn(-c2cccc(Br)c2)c2ncc(F)cc12. The van der Waals surface area contributed by atoms with Crippen molar-refractivity contribution in [3.05, 3.63) is 52.5 Å². The lowest BCUT2D eigenvalue weighted by molar-refractivity contribution is 0.0996. The number of nitrogens with zero attached hydrogens (tertiary/aromatic N) is 3. The quantitative estimate of drug-likeness (QED) is 0.782. The maximum atomic E-state index is 13.3. The molecule has 0 aliphatic carbocycles. The normalized spacial score (nSPS) is 10.9. The number of amides is 1. The lowest BCUT2D eigenvalue weighted by Crippen LogP contribution is -2.12. The standard InChI is InChI=1S/C13H8BrFN4O/c14-7-2-1-3-9(4-7)19-13-10(5-8(15)6-17-13)11(18-19)12(16)20/h1-6H,(H2,16,20). The number of hydrogen-bond donors (Lipinski definition) is 1. The van der Waals surface area contributed by atoms with Crippen LogP contribution < -0.4 is 5.73 Å². The highest BCUT2D eigenvalue weighted by molar-refractivity contribution is 9.10. The maximum Gasteiger partial charge on any atom is 0.269 e. The molecule has 0 saturated heterocycles. The molecule has 3 rings (SSSR count). The summed E-state index contributed by atoms with van der Waals surface area (Å²) in [5.74, 6) is -1.27. The van der Waals surface area contributed by atoms with Crippen LogP contribution in [0, 0.1) is 5.82 Å². The van der Waals surface area contributed by atoms with E-state index in [2.05, 4.69) is 26.0 Å². The Morgan fingerprint density at radius 3 is 2.85 bits per heavy atom. The third-order valence-electron chi connectivity index (χ3n) is 2.78. The van der Waals surface area contributed by atoms with Gasteiger partial charge < -0.3 is 5.73 Å². The molecule has 5 nitrogen and oxygen atoms in total. The monoisotopic (exact) mass is 334 g/mol. The molecule has 2 N–H and O–H groups in total. The molecule has 1 amide bonds. The molecule has 0 fully saturated rings. The molecule has 0 bridgehead atoms. The van der Waals surface area contributed by atoms with E-state index < -0.39 is 11.7 Å². The molecule has 2 aromatic heterocycles. The van der Waals surface area contributed by atoms with Gasteiger partial charge in [-0.2, -0.15) is 5.10 Å². The molecule has 0 aliphatic heterocycles. The van der Waals surface area contributed by atoms with Gasteiger partial charge in [0.2, 0.25) is 0 Å². The van der Waals surface area contributed by atoms with Crippen LogP contribution in [0.15, 0.2) is 41.0 Å². The van der Waals surface area contributed by atoms with Crippen molar-refractivity contribution in [1.82, 2.24) is 14.8 Å². The Hall–Kier alpha value is -2.28. The fourth-order valence-electron chi connectivity index (χ4n) is 1.95. The molecule has 0 radical (unpaired) electrons. The smallest absolute Gasteiger partial charge is 0.269 e. The predicted octanol–water partition coefficient (Wildman–Crippen LogP) is 2.42. The van der Waals surface area contributed by atoms with Crippen molar-refractivity contribution in [2.75, 3.05) is 0 Å². The summed E-state index contributed by atoms with van der Waals surface area (Å²) in [5, 5.41) is 4.42. The first kappa shape index (κ1) is 12.7. The van der Waals surface area contributed by atoms with Crippen LogP contribution >= 0.6 is 15.9 Å². The molecule has 2 heterocycles. The van der Waals surface area contributed by atoms with Crippen molar-refractivity contribution >= 4 is 32.9 Å². The van der Waals surface area contributed by atoms with E-state index in [4.69, 9.17) is 5.73 Å². The number of benzene rings is 1. The number of rotatable bonds is 2. The van der Waals surface area contributed by atoms with E-state index in [0.29, 0.717) is 11.3 Å².